The van der Waals surface area contributed by atoms with Gasteiger partial charge in [-0.15, -0.1) is 0 Å². The molecule has 0 aromatic heterocycles. The van der Waals surface area contributed by atoms with E-state index in [1.54, 1.807) is 43.3 Å². The molecule has 4 aromatic carbocycles. The maximum absolute atomic E-state index is 13.0. The average molecular weight is 608 g/mol. The van der Waals surface area contributed by atoms with E-state index in [-0.39, 0.29) is 40.1 Å². The summed E-state index contributed by atoms with van der Waals surface area (Å²) in [6.45, 7) is 1.68. The van der Waals surface area contributed by atoms with Gasteiger partial charge >= 0.3 is 18.1 Å². The number of aryl methyl sites for hydroxylation is 1. The Hall–Kier alpha value is -4.87. The number of amides is 3. The van der Waals surface area contributed by atoms with Gasteiger partial charge in [0, 0.05) is 10.7 Å². The minimum atomic E-state index is -4.40. The monoisotopic (exact) mass is 607 g/mol. The maximum Gasteiger partial charge on any atom is 0.411 e. The summed E-state index contributed by atoms with van der Waals surface area (Å²) in [4.78, 5) is 37.5. The quantitative estimate of drug-likeness (QED) is 0.191. The van der Waals surface area contributed by atoms with Crippen molar-refractivity contribution >= 4 is 51.1 Å². The molecule has 216 valence electrons. The van der Waals surface area contributed by atoms with E-state index in [0.29, 0.717) is 5.56 Å². The summed E-state index contributed by atoms with van der Waals surface area (Å²) in [5, 5.41) is 5.05. The van der Waals surface area contributed by atoms with Gasteiger partial charge in [0.05, 0.1) is 16.1 Å². The number of benzene rings is 4. The third-order valence-corrected chi connectivity index (χ3v) is 7.42. The van der Waals surface area contributed by atoms with Crippen LogP contribution in [0.3, 0.4) is 0 Å². The Bertz CT molecular complexity index is 1700. The van der Waals surface area contributed by atoms with Crippen molar-refractivity contribution in [2.45, 2.75) is 25.0 Å². The first-order chi connectivity index (χ1) is 20.1. The van der Waals surface area contributed by atoms with Crippen LogP contribution in [-0.2, 0) is 32.7 Å². The van der Waals surface area contributed by atoms with Crippen molar-refractivity contribution in [3.05, 3.63) is 124 Å². The predicted molar refractivity (Wildman–Crippen MR) is 158 cm³/mol. The average Bonchev–Trinajstić information content (AvgIpc) is 2.96. The number of esters is 1. The van der Waals surface area contributed by atoms with Gasteiger partial charge in [0.2, 0.25) is 0 Å². The number of hydrogen-bond donors (Lipinski definition) is 3. The molecule has 0 aliphatic rings. The molecular weight excluding hydrogens is 582 g/mol. The van der Waals surface area contributed by atoms with Crippen LogP contribution >= 0.6 is 11.6 Å². The Labute approximate surface area is 247 Å². The van der Waals surface area contributed by atoms with E-state index in [1.165, 1.54) is 36.4 Å². The molecule has 0 aliphatic carbocycles. The highest BCUT2D eigenvalue weighted by Crippen LogP contribution is 2.24. The van der Waals surface area contributed by atoms with Crippen LogP contribution in [0.5, 0.6) is 0 Å². The molecule has 0 atom stereocenters. The van der Waals surface area contributed by atoms with E-state index in [9.17, 15) is 22.8 Å². The first-order valence-corrected chi connectivity index (χ1v) is 14.4. The second-order valence-electron chi connectivity index (χ2n) is 8.97. The summed E-state index contributed by atoms with van der Waals surface area (Å²) < 4.78 is 38.4. The number of rotatable bonds is 9. The molecule has 42 heavy (non-hydrogen) atoms. The molecule has 0 spiro atoms. The lowest BCUT2D eigenvalue weighted by Crippen LogP contribution is -2.35. The second kappa shape index (κ2) is 13.7. The molecule has 12 heteroatoms. The number of sulfonamides is 1. The van der Waals surface area contributed by atoms with Crippen LogP contribution in [0.1, 0.15) is 27.0 Å². The van der Waals surface area contributed by atoms with Gasteiger partial charge in [0.15, 0.2) is 0 Å². The highest BCUT2D eigenvalue weighted by atomic mass is 35.5. The van der Waals surface area contributed by atoms with E-state index in [2.05, 4.69) is 10.6 Å². The maximum atomic E-state index is 13.0. The Morgan fingerprint density at radius 3 is 2.00 bits per heavy atom. The van der Waals surface area contributed by atoms with E-state index in [4.69, 9.17) is 21.1 Å². The van der Waals surface area contributed by atoms with Crippen molar-refractivity contribution in [1.82, 2.24) is 4.72 Å². The van der Waals surface area contributed by atoms with Gasteiger partial charge in [-0.25, -0.2) is 27.5 Å². The van der Waals surface area contributed by atoms with Crippen molar-refractivity contribution < 1.29 is 32.3 Å². The summed E-state index contributed by atoms with van der Waals surface area (Å²) in [6, 6.07) is 24.9. The SMILES string of the molecule is Cc1ccc(S(=O)(=O)NC(=O)Nc2cc(Cl)ccc2C(=O)OCc2ccccc2)cc1NC(=O)OCc1ccccc1. The van der Waals surface area contributed by atoms with Gasteiger partial charge in [-0.2, -0.15) is 0 Å². The van der Waals surface area contributed by atoms with Gasteiger partial charge in [-0.05, 0) is 53.9 Å². The lowest BCUT2D eigenvalue weighted by molar-refractivity contribution is 0.0474. The normalized spacial score (nSPS) is 10.8. The highest BCUT2D eigenvalue weighted by molar-refractivity contribution is 7.90. The number of carbonyl (C=O) groups is 3. The van der Waals surface area contributed by atoms with Crippen LogP contribution in [0.2, 0.25) is 5.02 Å². The molecule has 3 amide bonds. The summed E-state index contributed by atoms with van der Waals surface area (Å²) >= 11 is 6.05. The van der Waals surface area contributed by atoms with Gasteiger partial charge in [-0.3, -0.25) is 5.32 Å². The van der Waals surface area contributed by atoms with Crippen LogP contribution in [0.25, 0.3) is 0 Å². The zero-order chi connectivity index (χ0) is 30.1. The summed E-state index contributed by atoms with van der Waals surface area (Å²) in [6.07, 6.45) is -0.783. The van der Waals surface area contributed by atoms with E-state index >= 15 is 0 Å². The number of urea groups is 1. The topological polar surface area (TPSA) is 140 Å². The fourth-order valence-electron chi connectivity index (χ4n) is 3.70. The molecule has 0 saturated heterocycles. The zero-order valence-electron chi connectivity index (χ0n) is 22.3. The molecular formula is C30H26ClN3O7S. The number of carbonyl (C=O) groups excluding carboxylic acids is 3. The van der Waals surface area contributed by atoms with Crippen molar-refractivity contribution in [2.75, 3.05) is 10.6 Å². The molecule has 0 aliphatic heterocycles. The highest BCUT2D eigenvalue weighted by Gasteiger charge is 2.22. The largest absolute Gasteiger partial charge is 0.457 e. The van der Waals surface area contributed by atoms with Crippen molar-refractivity contribution in [1.29, 1.82) is 0 Å². The van der Waals surface area contributed by atoms with Gasteiger partial charge in [-0.1, -0.05) is 78.3 Å². The molecule has 3 N–H and O–H groups in total. The lowest BCUT2D eigenvalue weighted by atomic mass is 10.2. The number of hydrogen-bond acceptors (Lipinski definition) is 7. The summed E-state index contributed by atoms with van der Waals surface area (Å²) in [5.74, 6) is -0.748. The molecule has 0 radical (unpaired) electrons. The van der Waals surface area contributed by atoms with Crippen LogP contribution in [0.15, 0.2) is 102 Å². The Morgan fingerprint density at radius 2 is 1.36 bits per heavy atom. The molecule has 4 aromatic rings. The third kappa shape index (κ3) is 8.32. The Balaban J connectivity index is 1.42. The fourth-order valence-corrected chi connectivity index (χ4v) is 4.80. The van der Waals surface area contributed by atoms with Gasteiger partial charge < -0.3 is 14.8 Å². The smallest absolute Gasteiger partial charge is 0.411 e. The summed E-state index contributed by atoms with van der Waals surface area (Å²) in [7, 11) is -4.40. The minimum Gasteiger partial charge on any atom is -0.457 e. The number of ether oxygens (including phenoxy) is 2. The van der Waals surface area contributed by atoms with Gasteiger partial charge in [0.25, 0.3) is 10.0 Å². The number of halogens is 1. The third-order valence-electron chi connectivity index (χ3n) is 5.86. The predicted octanol–water partition coefficient (Wildman–Crippen LogP) is 6.26. The zero-order valence-corrected chi connectivity index (χ0v) is 23.9. The van der Waals surface area contributed by atoms with Crippen LogP contribution in [0, 0.1) is 6.92 Å². The van der Waals surface area contributed by atoms with Crippen LogP contribution in [-0.4, -0.2) is 26.5 Å². The molecule has 0 bridgehead atoms. The Kier molecular flexibility index (Phi) is 9.79. The standard InChI is InChI=1S/C30H26ClN3O7S/c1-20-12-14-24(17-26(20)33-30(37)41-19-22-10-6-3-7-11-22)42(38,39)34-29(36)32-27-16-23(31)13-15-25(27)28(35)40-18-21-8-4-2-5-9-21/h2-17H,18-19H2,1H3,(H,33,37)(H2,32,34,36). The van der Waals surface area contributed by atoms with Gasteiger partial charge in [0.1, 0.15) is 13.2 Å². The molecule has 0 saturated carbocycles. The van der Waals surface area contributed by atoms with E-state index < -0.39 is 28.1 Å². The van der Waals surface area contributed by atoms with Crippen molar-refractivity contribution in [2.24, 2.45) is 0 Å². The first kappa shape index (κ1) is 30.1. The fraction of sp³-hybridized carbons (Fsp3) is 0.100. The summed E-state index contributed by atoms with van der Waals surface area (Å²) in [5.41, 5.74) is 2.19. The van der Waals surface area contributed by atoms with Crippen LogP contribution in [0.4, 0.5) is 21.0 Å². The molecule has 4 rings (SSSR count). The minimum absolute atomic E-state index is 0.00803. The Morgan fingerprint density at radius 1 is 0.738 bits per heavy atom. The lowest BCUT2D eigenvalue weighted by Gasteiger charge is -2.14. The number of anilines is 2. The van der Waals surface area contributed by atoms with E-state index in [1.807, 2.05) is 29.0 Å². The first-order valence-electron chi connectivity index (χ1n) is 12.5. The number of nitrogens with one attached hydrogen (secondary N) is 3. The van der Waals surface area contributed by atoms with Crippen LogP contribution < -0.4 is 15.4 Å². The second-order valence-corrected chi connectivity index (χ2v) is 11.1. The van der Waals surface area contributed by atoms with Crippen molar-refractivity contribution in [3.8, 4) is 0 Å². The molecule has 0 fully saturated rings. The van der Waals surface area contributed by atoms with Crippen molar-refractivity contribution in [3.63, 3.8) is 0 Å². The molecule has 0 unspecified atom stereocenters. The molecule has 0 heterocycles. The molecule has 10 nitrogen and oxygen atoms in total. The van der Waals surface area contributed by atoms with E-state index in [0.717, 1.165) is 11.1 Å².